The maximum atomic E-state index is 14.0. The van der Waals surface area contributed by atoms with Gasteiger partial charge in [-0.25, -0.2) is 14.0 Å². The summed E-state index contributed by atoms with van der Waals surface area (Å²) in [5, 5.41) is 8.75. The Morgan fingerprint density at radius 1 is 1.08 bits per heavy atom. The van der Waals surface area contributed by atoms with Gasteiger partial charge < -0.3 is 9.84 Å². The molecule has 2 rings (SSSR count). The van der Waals surface area contributed by atoms with Crippen LogP contribution in [0, 0.1) is 9.39 Å². The van der Waals surface area contributed by atoms with Crippen molar-refractivity contribution in [3.8, 4) is 0 Å². The van der Waals surface area contributed by atoms with Gasteiger partial charge in [-0.1, -0.05) is 36.4 Å². The molecule has 1 unspecified atom stereocenters. The summed E-state index contributed by atoms with van der Waals surface area (Å²) in [4.78, 5) is 23.0. The molecule has 2 aromatic rings. The Labute approximate surface area is 148 Å². The Hall–Kier alpha value is -2.10. The van der Waals surface area contributed by atoms with E-state index in [0.29, 0.717) is 0 Å². The quantitative estimate of drug-likeness (QED) is 0.552. The summed E-state index contributed by atoms with van der Waals surface area (Å²) < 4.78 is 46.7. The summed E-state index contributed by atoms with van der Waals surface area (Å²) in [5.41, 5.74) is -0.746. The van der Waals surface area contributed by atoms with Crippen molar-refractivity contribution in [1.82, 2.24) is 0 Å². The van der Waals surface area contributed by atoms with Gasteiger partial charge in [-0.3, -0.25) is 0 Å². The number of halogens is 4. The lowest BCUT2D eigenvalue weighted by Crippen LogP contribution is -2.38. The van der Waals surface area contributed by atoms with Gasteiger partial charge in [0.25, 0.3) is 0 Å². The van der Waals surface area contributed by atoms with E-state index in [1.54, 1.807) is 22.6 Å². The summed E-state index contributed by atoms with van der Waals surface area (Å²) in [6.07, 6.45) is -2.39. The summed E-state index contributed by atoms with van der Waals surface area (Å²) in [6, 6.07) is 10.4. The van der Waals surface area contributed by atoms with Crippen molar-refractivity contribution in [1.29, 1.82) is 0 Å². The monoisotopic (exact) mass is 450 g/mol. The van der Waals surface area contributed by atoms with Crippen molar-refractivity contribution in [3.05, 3.63) is 69.0 Å². The van der Waals surface area contributed by atoms with Crippen LogP contribution in [-0.4, -0.2) is 23.0 Å². The molecule has 0 saturated heterocycles. The van der Waals surface area contributed by atoms with Crippen LogP contribution in [0.2, 0.25) is 0 Å². The molecule has 2 aromatic carbocycles. The fraction of sp³-hybridized carbons (Fsp3) is 0.125. The molecule has 0 bridgehead atoms. The first-order valence-corrected chi connectivity index (χ1v) is 7.64. The molecule has 0 amide bonds. The van der Waals surface area contributed by atoms with Crippen molar-refractivity contribution in [2.45, 2.75) is 12.0 Å². The van der Waals surface area contributed by atoms with Crippen molar-refractivity contribution >= 4 is 34.5 Å². The molecule has 126 valence electrons. The average Bonchev–Trinajstić information content (AvgIpc) is 2.53. The van der Waals surface area contributed by atoms with Gasteiger partial charge in [0.2, 0.25) is 6.10 Å². The number of carboxylic acids is 1. The van der Waals surface area contributed by atoms with Crippen LogP contribution in [0.4, 0.5) is 13.2 Å². The van der Waals surface area contributed by atoms with Crippen LogP contribution in [0.15, 0.2) is 48.5 Å². The topological polar surface area (TPSA) is 63.6 Å². The summed E-state index contributed by atoms with van der Waals surface area (Å²) >= 11 is 1.65. The van der Waals surface area contributed by atoms with E-state index >= 15 is 0 Å². The molecule has 4 nitrogen and oxygen atoms in total. The van der Waals surface area contributed by atoms with Crippen molar-refractivity contribution < 1.29 is 32.6 Å². The zero-order chi connectivity index (χ0) is 17.9. The molecule has 1 N–H and O–H groups in total. The summed E-state index contributed by atoms with van der Waals surface area (Å²) in [5.74, 6) is -9.15. The lowest BCUT2D eigenvalue weighted by Gasteiger charge is -2.24. The average molecular weight is 450 g/mol. The molecule has 0 aliphatic carbocycles. The van der Waals surface area contributed by atoms with Crippen LogP contribution in [-0.2, 0) is 9.53 Å². The fourth-order valence-corrected chi connectivity index (χ4v) is 2.64. The third kappa shape index (κ3) is 3.69. The number of benzene rings is 2. The minimum atomic E-state index is -4.38. The standard InChI is InChI=1S/C16H10F3IO4/c17-10-7-4-8-11(20)12(10)14(21)24-13(16(18,19)15(22)23)9-5-2-1-3-6-9/h1-8,13H,(H,22,23). The highest BCUT2D eigenvalue weighted by Crippen LogP contribution is 2.36. The number of hydrogen-bond donors (Lipinski definition) is 1. The lowest BCUT2D eigenvalue weighted by atomic mass is 10.0. The van der Waals surface area contributed by atoms with Gasteiger partial charge in [-0.05, 0) is 40.3 Å². The van der Waals surface area contributed by atoms with E-state index in [1.807, 2.05) is 0 Å². The van der Waals surface area contributed by atoms with E-state index in [9.17, 15) is 22.8 Å². The maximum absolute atomic E-state index is 14.0. The molecule has 0 radical (unpaired) electrons. The second kappa shape index (κ2) is 7.20. The van der Waals surface area contributed by atoms with Crippen LogP contribution in [0.5, 0.6) is 0 Å². The minimum Gasteiger partial charge on any atom is -0.477 e. The number of carbonyl (C=O) groups excluding carboxylic acids is 1. The molecular formula is C16H10F3IO4. The van der Waals surface area contributed by atoms with Gasteiger partial charge in [0.05, 0.1) is 0 Å². The molecule has 0 aliphatic rings. The molecular weight excluding hydrogens is 440 g/mol. The smallest absolute Gasteiger partial charge is 0.382 e. The zero-order valence-electron chi connectivity index (χ0n) is 11.9. The Balaban J connectivity index is 2.43. The van der Waals surface area contributed by atoms with Crippen LogP contribution in [0.25, 0.3) is 0 Å². The molecule has 1 atom stereocenters. The fourth-order valence-electron chi connectivity index (χ4n) is 1.95. The summed E-state index contributed by atoms with van der Waals surface area (Å²) in [6.45, 7) is 0. The SMILES string of the molecule is O=C(OC(c1ccccc1)C(F)(F)C(=O)O)c1c(F)cccc1I. The van der Waals surface area contributed by atoms with Crippen molar-refractivity contribution in [3.63, 3.8) is 0 Å². The highest BCUT2D eigenvalue weighted by Gasteiger charge is 2.51. The molecule has 8 heteroatoms. The van der Waals surface area contributed by atoms with Crippen LogP contribution < -0.4 is 0 Å². The van der Waals surface area contributed by atoms with Gasteiger partial charge in [0.15, 0.2) is 0 Å². The molecule has 0 heterocycles. The highest BCUT2D eigenvalue weighted by molar-refractivity contribution is 14.1. The van der Waals surface area contributed by atoms with Crippen molar-refractivity contribution in [2.24, 2.45) is 0 Å². The first kappa shape index (κ1) is 18.2. The van der Waals surface area contributed by atoms with Gasteiger partial charge in [-0.2, -0.15) is 8.78 Å². The Morgan fingerprint density at radius 3 is 2.25 bits per heavy atom. The maximum Gasteiger partial charge on any atom is 0.382 e. The van der Waals surface area contributed by atoms with Gasteiger partial charge in [0.1, 0.15) is 11.4 Å². The zero-order valence-corrected chi connectivity index (χ0v) is 14.0. The number of esters is 1. The van der Waals surface area contributed by atoms with E-state index in [2.05, 4.69) is 0 Å². The number of ether oxygens (including phenoxy) is 1. The summed E-state index contributed by atoms with van der Waals surface area (Å²) in [7, 11) is 0. The normalized spacial score (nSPS) is 12.5. The van der Waals surface area contributed by atoms with Gasteiger partial charge in [0, 0.05) is 3.57 Å². The third-order valence-corrected chi connectivity index (χ3v) is 4.01. The molecule has 0 spiro atoms. The van der Waals surface area contributed by atoms with Crippen LogP contribution >= 0.6 is 22.6 Å². The predicted octanol–water partition coefficient (Wildman–Crippen LogP) is 4.05. The predicted molar refractivity (Wildman–Crippen MR) is 86.3 cm³/mol. The number of aliphatic carboxylic acids is 1. The van der Waals surface area contributed by atoms with Crippen molar-refractivity contribution in [2.75, 3.05) is 0 Å². The van der Waals surface area contributed by atoms with Crippen LogP contribution in [0.3, 0.4) is 0 Å². The van der Waals surface area contributed by atoms with Gasteiger partial charge >= 0.3 is 17.9 Å². The highest BCUT2D eigenvalue weighted by atomic mass is 127. The Bertz CT molecular complexity index is 745. The van der Waals surface area contributed by atoms with E-state index in [0.717, 1.165) is 6.07 Å². The number of carboxylic acid groups (broad SMARTS) is 1. The number of alkyl halides is 2. The largest absolute Gasteiger partial charge is 0.477 e. The molecule has 0 aromatic heterocycles. The minimum absolute atomic E-state index is 0.156. The van der Waals surface area contributed by atoms with Gasteiger partial charge in [-0.15, -0.1) is 0 Å². The molecule has 0 saturated carbocycles. The van der Waals surface area contributed by atoms with E-state index in [4.69, 9.17) is 9.84 Å². The second-order valence-corrected chi connectivity index (χ2v) is 5.88. The first-order chi connectivity index (χ1) is 11.2. The molecule has 24 heavy (non-hydrogen) atoms. The molecule has 0 fully saturated rings. The Morgan fingerprint density at radius 2 is 1.71 bits per heavy atom. The van der Waals surface area contributed by atoms with E-state index < -0.39 is 35.3 Å². The van der Waals surface area contributed by atoms with E-state index in [-0.39, 0.29) is 9.13 Å². The first-order valence-electron chi connectivity index (χ1n) is 6.56. The third-order valence-electron chi connectivity index (χ3n) is 3.11. The lowest BCUT2D eigenvalue weighted by molar-refractivity contribution is -0.183. The number of hydrogen-bond acceptors (Lipinski definition) is 3. The second-order valence-electron chi connectivity index (χ2n) is 4.72. The number of carbonyl (C=O) groups is 2. The Kier molecular flexibility index (Phi) is 5.47. The number of rotatable bonds is 5. The molecule has 0 aliphatic heterocycles. The van der Waals surface area contributed by atoms with Crippen LogP contribution in [0.1, 0.15) is 22.0 Å². The van der Waals surface area contributed by atoms with E-state index in [1.165, 1.54) is 42.5 Å².